The first-order valence-electron chi connectivity index (χ1n) is 16.1. The van der Waals surface area contributed by atoms with Crippen LogP contribution in [0.3, 0.4) is 0 Å². The summed E-state index contributed by atoms with van der Waals surface area (Å²) in [7, 11) is -3.07. The van der Waals surface area contributed by atoms with Crippen molar-refractivity contribution in [3.05, 3.63) is 170 Å². The van der Waals surface area contributed by atoms with E-state index in [1.54, 1.807) is 0 Å². The lowest BCUT2D eigenvalue weighted by Crippen LogP contribution is -2.77. The van der Waals surface area contributed by atoms with Crippen LogP contribution in [0.2, 0.25) is 0 Å². The molecule has 0 aromatic heterocycles. The summed E-state index contributed by atoms with van der Waals surface area (Å²) in [6, 6.07) is 61.2. The van der Waals surface area contributed by atoms with E-state index in [0.717, 1.165) is 45.3 Å². The summed E-state index contributed by atoms with van der Waals surface area (Å²) < 4.78 is 14.3. The normalized spacial score (nSPS) is 13.6. The zero-order valence-corrected chi connectivity index (χ0v) is 26.5. The number of ether oxygens (including phenoxy) is 2. The first-order valence-corrected chi connectivity index (χ1v) is 18.1. The first kappa shape index (κ1) is 26.3. The topological polar surface area (TPSA) is 18.5 Å². The Kier molecular flexibility index (Phi) is 5.63. The molecule has 0 N–H and O–H groups in total. The van der Waals surface area contributed by atoms with E-state index in [4.69, 9.17) is 9.47 Å². The van der Waals surface area contributed by atoms with Gasteiger partial charge in [0.1, 0.15) is 23.0 Å². The van der Waals surface area contributed by atoms with Gasteiger partial charge >= 0.3 is 0 Å². The molecule has 10 rings (SSSR count). The van der Waals surface area contributed by atoms with Crippen LogP contribution in [0, 0.1) is 0 Å². The third-order valence-electron chi connectivity index (χ3n) is 9.93. The van der Waals surface area contributed by atoms with Crippen molar-refractivity contribution in [2.24, 2.45) is 0 Å². The van der Waals surface area contributed by atoms with Crippen LogP contribution in [0.5, 0.6) is 23.0 Å². The van der Waals surface area contributed by atoms with Crippen molar-refractivity contribution in [1.29, 1.82) is 0 Å². The molecule has 0 amide bonds. The minimum Gasteiger partial charge on any atom is -0.462 e. The van der Waals surface area contributed by atoms with Crippen molar-refractivity contribution in [1.82, 2.24) is 0 Å². The van der Waals surface area contributed by atoms with Gasteiger partial charge in [-0.25, -0.2) is 0 Å². The number of hydrogen-bond donors (Lipinski definition) is 0. The zero-order valence-electron chi connectivity index (χ0n) is 25.5. The summed E-state index contributed by atoms with van der Waals surface area (Å²) in [6.45, 7) is 0. The van der Waals surface area contributed by atoms with Crippen LogP contribution < -0.4 is 30.2 Å². The standard InChI is InChI=1S/C44H28O2Si/c1-4-15-29(16-5-1)40-34-23-12-10-19-31(34)27-38-42(40)45-36-25-14-26-37-44(36)47(38,33-21-8-3-9-22-33)39-28-32-20-11-13-24-35(32)41(43(39)46-37)30-17-6-2-7-18-30/h1-28H/q-1. The van der Waals surface area contributed by atoms with Gasteiger partial charge in [-0.3, -0.25) is 0 Å². The van der Waals surface area contributed by atoms with Crippen LogP contribution in [-0.4, -0.2) is 8.07 Å². The van der Waals surface area contributed by atoms with E-state index < -0.39 is 8.07 Å². The van der Waals surface area contributed by atoms with Gasteiger partial charge in [-0.1, -0.05) is 163 Å². The number of benzene rings is 8. The van der Waals surface area contributed by atoms with Crippen molar-refractivity contribution < 1.29 is 9.47 Å². The SMILES string of the molecule is c1ccc(-c2c3c(cc4ccccc24)[Si-]2(c4ccccc4)c4cc5ccccc5c(-c5ccccc5)c4Oc4cccc(c42)O3)cc1. The van der Waals surface area contributed by atoms with Gasteiger partial charge in [0.25, 0.3) is 0 Å². The van der Waals surface area contributed by atoms with Crippen molar-refractivity contribution >= 4 is 50.4 Å². The lowest BCUT2D eigenvalue weighted by atomic mass is 9.96. The molecule has 2 aliphatic heterocycles. The highest BCUT2D eigenvalue weighted by Gasteiger charge is 2.44. The van der Waals surface area contributed by atoms with E-state index in [9.17, 15) is 0 Å². The second kappa shape index (κ2) is 10.0. The summed E-state index contributed by atoms with van der Waals surface area (Å²) in [5.74, 6) is 3.63. The fraction of sp³-hybridized carbons (Fsp3) is 0. The molecule has 0 spiro atoms. The molecule has 0 saturated carbocycles. The van der Waals surface area contributed by atoms with E-state index in [1.807, 2.05) is 0 Å². The molecular formula is C44H28O2Si-. The van der Waals surface area contributed by atoms with E-state index in [0.29, 0.717) is 0 Å². The second-order valence-electron chi connectivity index (χ2n) is 12.4. The number of rotatable bonds is 3. The van der Waals surface area contributed by atoms with Crippen molar-refractivity contribution in [2.45, 2.75) is 0 Å². The van der Waals surface area contributed by atoms with Crippen molar-refractivity contribution in [3.63, 3.8) is 0 Å². The molecule has 0 aliphatic carbocycles. The zero-order chi connectivity index (χ0) is 31.0. The molecule has 0 saturated heterocycles. The largest absolute Gasteiger partial charge is 0.462 e. The molecule has 8 aromatic carbocycles. The Balaban J connectivity index is 1.45. The Morgan fingerprint density at radius 2 is 0.809 bits per heavy atom. The molecule has 2 heterocycles. The van der Waals surface area contributed by atoms with Crippen LogP contribution in [0.1, 0.15) is 0 Å². The van der Waals surface area contributed by atoms with Gasteiger partial charge in [-0.15, -0.1) is 10.4 Å². The fourth-order valence-electron chi connectivity index (χ4n) is 8.04. The molecule has 0 atom stereocenters. The fourth-order valence-corrected chi connectivity index (χ4v) is 13.3. The van der Waals surface area contributed by atoms with Gasteiger partial charge in [0.2, 0.25) is 0 Å². The predicted molar refractivity (Wildman–Crippen MR) is 196 cm³/mol. The second-order valence-corrected chi connectivity index (χ2v) is 16.0. The smallest absolute Gasteiger partial charge is 0.106 e. The molecule has 8 aromatic rings. The van der Waals surface area contributed by atoms with Crippen molar-refractivity contribution in [3.8, 4) is 45.3 Å². The van der Waals surface area contributed by atoms with Crippen LogP contribution in [0.15, 0.2) is 170 Å². The quantitative estimate of drug-likeness (QED) is 0.185. The molecule has 47 heavy (non-hydrogen) atoms. The third kappa shape index (κ3) is 3.66. The van der Waals surface area contributed by atoms with Gasteiger partial charge in [0.15, 0.2) is 0 Å². The first-order chi connectivity index (χ1) is 23.3. The molecular weight excluding hydrogens is 589 g/mol. The summed E-state index contributed by atoms with van der Waals surface area (Å²) in [5.41, 5.74) is 4.56. The molecule has 3 heteroatoms. The molecule has 0 fully saturated rings. The molecule has 2 aliphatic rings. The van der Waals surface area contributed by atoms with Crippen LogP contribution in [0.25, 0.3) is 43.8 Å². The lowest BCUT2D eigenvalue weighted by Gasteiger charge is -2.54. The van der Waals surface area contributed by atoms with Crippen LogP contribution in [-0.2, 0) is 0 Å². The van der Waals surface area contributed by atoms with E-state index >= 15 is 0 Å². The van der Waals surface area contributed by atoms with E-state index in [2.05, 4.69) is 170 Å². The average Bonchev–Trinajstić information content (AvgIpc) is 3.14. The summed E-state index contributed by atoms with van der Waals surface area (Å²) >= 11 is 0. The number of hydrogen-bond acceptors (Lipinski definition) is 2. The predicted octanol–water partition coefficient (Wildman–Crippen LogP) is 8.92. The Hall–Kier alpha value is -5.90. The average molecular weight is 617 g/mol. The van der Waals surface area contributed by atoms with Crippen LogP contribution in [0.4, 0.5) is 0 Å². The number of fused-ring (bicyclic) bond motifs is 6. The minimum atomic E-state index is -3.07. The molecule has 0 bridgehead atoms. The Bertz CT molecular complexity index is 2360. The third-order valence-corrected chi connectivity index (χ3v) is 14.7. The molecule has 0 radical (unpaired) electrons. The highest BCUT2D eigenvalue weighted by atomic mass is 28.3. The summed E-state index contributed by atoms with van der Waals surface area (Å²) in [4.78, 5) is 0. The van der Waals surface area contributed by atoms with E-state index in [1.165, 1.54) is 42.3 Å². The molecule has 2 nitrogen and oxygen atoms in total. The summed E-state index contributed by atoms with van der Waals surface area (Å²) in [5, 5.41) is 9.76. The lowest BCUT2D eigenvalue weighted by molar-refractivity contribution is 0.466. The maximum absolute atomic E-state index is 7.14. The van der Waals surface area contributed by atoms with Gasteiger partial charge < -0.3 is 9.47 Å². The molecule has 221 valence electrons. The maximum atomic E-state index is 7.14. The molecule has 0 unspecified atom stereocenters. The van der Waals surface area contributed by atoms with Gasteiger partial charge in [-0.2, -0.15) is 5.19 Å². The van der Waals surface area contributed by atoms with Gasteiger partial charge in [-0.05, 0) is 52.9 Å². The van der Waals surface area contributed by atoms with E-state index in [-0.39, 0.29) is 0 Å². The minimum absolute atomic E-state index is 0.873. The van der Waals surface area contributed by atoms with Crippen molar-refractivity contribution in [2.75, 3.05) is 0 Å². The monoisotopic (exact) mass is 616 g/mol. The highest BCUT2D eigenvalue weighted by Crippen LogP contribution is 2.48. The highest BCUT2D eigenvalue weighted by molar-refractivity contribution is 7.22. The Morgan fingerprint density at radius 3 is 1.30 bits per heavy atom. The summed E-state index contributed by atoms with van der Waals surface area (Å²) in [6.07, 6.45) is 0. The Labute approximate surface area is 274 Å². The van der Waals surface area contributed by atoms with Crippen LogP contribution >= 0.6 is 0 Å². The van der Waals surface area contributed by atoms with Gasteiger partial charge in [0, 0.05) is 11.1 Å². The maximum Gasteiger partial charge on any atom is 0.106 e. The van der Waals surface area contributed by atoms with Gasteiger partial charge in [0.05, 0.1) is 0 Å². The Morgan fingerprint density at radius 1 is 0.383 bits per heavy atom.